The summed E-state index contributed by atoms with van der Waals surface area (Å²) in [6, 6.07) is 10.5. The first-order valence-corrected chi connectivity index (χ1v) is 9.79. The monoisotopic (exact) mass is 371 g/mol. The first-order valence-electron chi connectivity index (χ1n) is 8.35. The van der Waals surface area contributed by atoms with E-state index in [0.717, 1.165) is 12.0 Å². The van der Waals surface area contributed by atoms with E-state index >= 15 is 0 Å². The second-order valence-electron chi connectivity index (χ2n) is 6.23. The Morgan fingerprint density at radius 2 is 2.19 bits per heavy atom. The number of sulfonamides is 1. The summed E-state index contributed by atoms with van der Waals surface area (Å²) in [5, 5.41) is 8.80. The maximum absolute atomic E-state index is 13.0. The van der Waals surface area contributed by atoms with Crippen molar-refractivity contribution in [2.24, 2.45) is 0 Å². The van der Waals surface area contributed by atoms with Gasteiger partial charge in [0, 0.05) is 25.2 Å². The van der Waals surface area contributed by atoms with Crippen LogP contribution in [-0.2, 0) is 16.4 Å². The first-order chi connectivity index (χ1) is 12.6. The highest BCUT2D eigenvalue weighted by Gasteiger charge is 2.36. The molecule has 134 valence electrons. The highest BCUT2D eigenvalue weighted by Crippen LogP contribution is 2.35. The molecule has 1 saturated heterocycles. The van der Waals surface area contributed by atoms with Gasteiger partial charge in [-0.1, -0.05) is 12.1 Å². The molecule has 26 heavy (non-hydrogen) atoms. The van der Waals surface area contributed by atoms with Crippen molar-refractivity contribution in [1.82, 2.24) is 9.29 Å². The van der Waals surface area contributed by atoms with Gasteiger partial charge < -0.3 is 9.47 Å². The lowest BCUT2D eigenvalue weighted by Crippen LogP contribution is -2.31. The molecule has 0 radical (unpaired) electrons. The summed E-state index contributed by atoms with van der Waals surface area (Å²) in [6.07, 6.45) is 2.47. The maximum atomic E-state index is 13.0. The van der Waals surface area contributed by atoms with Crippen molar-refractivity contribution in [2.45, 2.75) is 23.8 Å². The highest BCUT2D eigenvalue weighted by molar-refractivity contribution is 7.89. The van der Waals surface area contributed by atoms with E-state index in [0.29, 0.717) is 36.8 Å². The summed E-state index contributed by atoms with van der Waals surface area (Å²) in [6.45, 7) is 1.15. The molecule has 0 amide bonds. The summed E-state index contributed by atoms with van der Waals surface area (Å²) in [4.78, 5) is 4.30. The minimum absolute atomic E-state index is 0.227. The van der Waals surface area contributed by atoms with Gasteiger partial charge in [0.15, 0.2) is 0 Å². The molecular formula is C18H17N3O4S. The Balaban J connectivity index is 1.49. The first kappa shape index (κ1) is 16.8. The standard InChI is InChI=1S/C18H17N3O4S/c19-10-13-4-5-17(20-11-13)25-15-6-8-21(12-15)26(22,23)16-3-1-2-14-7-9-24-18(14)16/h1-5,11,15H,6-9,12H2/t15-/m0/s1. The van der Waals surface area contributed by atoms with Gasteiger partial charge in [0.2, 0.25) is 15.9 Å². The summed E-state index contributed by atoms with van der Waals surface area (Å²) < 4.78 is 38.8. The summed E-state index contributed by atoms with van der Waals surface area (Å²) in [7, 11) is -3.63. The van der Waals surface area contributed by atoms with Crippen molar-refractivity contribution < 1.29 is 17.9 Å². The SMILES string of the molecule is N#Cc1ccc(O[C@H]2CCN(S(=O)(=O)c3cccc4c3OCC4)C2)nc1. The van der Waals surface area contributed by atoms with Gasteiger partial charge in [-0.2, -0.15) is 9.57 Å². The lowest BCUT2D eigenvalue weighted by atomic mass is 10.2. The minimum Gasteiger partial charge on any atom is -0.492 e. The van der Waals surface area contributed by atoms with Crippen molar-refractivity contribution in [3.8, 4) is 17.7 Å². The topological polar surface area (TPSA) is 92.5 Å². The number of hydrogen-bond acceptors (Lipinski definition) is 6. The Labute approximate surface area is 151 Å². The zero-order valence-electron chi connectivity index (χ0n) is 14.0. The Morgan fingerprint density at radius 1 is 1.31 bits per heavy atom. The molecule has 0 unspecified atom stereocenters. The van der Waals surface area contributed by atoms with Crippen LogP contribution in [0.25, 0.3) is 0 Å². The molecule has 2 aromatic rings. The van der Waals surface area contributed by atoms with Crippen LogP contribution in [0.1, 0.15) is 17.5 Å². The smallest absolute Gasteiger partial charge is 0.246 e. The molecule has 3 heterocycles. The molecule has 4 rings (SSSR count). The van der Waals surface area contributed by atoms with E-state index in [9.17, 15) is 8.42 Å². The van der Waals surface area contributed by atoms with E-state index in [1.165, 1.54) is 10.5 Å². The number of ether oxygens (including phenoxy) is 2. The predicted molar refractivity (Wildman–Crippen MR) is 92.4 cm³/mol. The Bertz CT molecular complexity index is 967. The van der Waals surface area contributed by atoms with Gasteiger partial charge in [0.1, 0.15) is 22.8 Å². The summed E-state index contributed by atoms with van der Waals surface area (Å²) in [5.41, 5.74) is 1.38. The van der Waals surface area contributed by atoms with Crippen molar-refractivity contribution in [3.63, 3.8) is 0 Å². The molecule has 0 saturated carbocycles. The van der Waals surface area contributed by atoms with E-state index in [1.54, 1.807) is 24.3 Å². The third kappa shape index (κ3) is 3.00. The van der Waals surface area contributed by atoms with Crippen LogP contribution in [0.4, 0.5) is 0 Å². The van der Waals surface area contributed by atoms with Crippen LogP contribution in [-0.4, -0.2) is 43.5 Å². The van der Waals surface area contributed by atoms with E-state index < -0.39 is 10.0 Å². The fourth-order valence-electron chi connectivity index (χ4n) is 3.23. The van der Waals surface area contributed by atoms with Crippen molar-refractivity contribution in [2.75, 3.05) is 19.7 Å². The van der Waals surface area contributed by atoms with Gasteiger partial charge in [0.25, 0.3) is 0 Å². The zero-order chi connectivity index (χ0) is 18.1. The lowest BCUT2D eigenvalue weighted by molar-refractivity contribution is 0.207. The number of hydrogen-bond donors (Lipinski definition) is 0. The molecule has 7 nitrogen and oxygen atoms in total. The van der Waals surface area contributed by atoms with Gasteiger partial charge in [-0.25, -0.2) is 13.4 Å². The lowest BCUT2D eigenvalue weighted by Gasteiger charge is -2.18. The predicted octanol–water partition coefficient (Wildman–Crippen LogP) is 1.73. The Hall–Kier alpha value is -2.63. The van der Waals surface area contributed by atoms with Crippen LogP contribution in [0.3, 0.4) is 0 Å². The normalized spacial score (nSPS) is 19.6. The van der Waals surface area contributed by atoms with Crippen LogP contribution < -0.4 is 9.47 Å². The average Bonchev–Trinajstić information content (AvgIpc) is 3.31. The quantitative estimate of drug-likeness (QED) is 0.813. The molecular weight excluding hydrogens is 354 g/mol. The van der Waals surface area contributed by atoms with Crippen LogP contribution >= 0.6 is 0 Å². The van der Waals surface area contributed by atoms with Crippen molar-refractivity contribution in [1.29, 1.82) is 5.26 Å². The average molecular weight is 371 g/mol. The number of aromatic nitrogens is 1. The van der Waals surface area contributed by atoms with Gasteiger partial charge in [-0.05, 0) is 24.1 Å². The molecule has 0 N–H and O–H groups in total. The summed E-state index contributed by atoms with van der Waals surface area (Å²) in [5.74, 6) is 0.864. The minimum atomic E-state index is -3.63. The molecule has 0 aliphatic carbocycles. The molecule has 0 spiro atoms. The number of rotatable bonds is 4. The molecule has 2 aliphatic rings. The van der Waals surface area contributed by atoms with Gasteiger partial charge in [0.05, 0.1) is 18.7 Å². The number of nitrogens with zero attached hydrogens (tertiary/aromatic N) is 3. The maximum Gasteiger partial charge on any atom is 0.246 e. The van der Waals surface area contributed by atoms with E-state index in [-0.39, 0.29) is 17.5 Å². The van der Waals surface area contributed by atoms with Crippen LogP contribution in [0, 0.1) is 11.3 Å². The third-order valence-electron chi connectivity index (χ3n) is 4.56. The molecule has 1 aromatic carbocycles. The molecule has 1 aromatic heterocycles. The summed E-state index contributed by atoms with van der Waals surface area (Å²) >= 11 is 0. The van der Waals surface area contributed by atoms with Crippen LogP contribution in [0.2, 0.25) is 0 Å². The fraction of sp³-hybridized carbons (Fsp3) is 0.333. The Kier molecular flexibility index (Phi) is 4.26. The van der Waals surface area contributed by atoms with Crippen LogP contribution in [0.5, 0.6) is 11.6 Å². The van der Waals surface area contributed by atoms with E-state index in [4.69, 9.17) is 14.7 Å². The number of nitriles is 1. The largest absolute Gasteiger partial charge is 0.492 e. The van der Waals surface area contributed by atoms with Crippen LogP contribution in [0.15, 0.2) is 41.4 Å². The molecule has 8 heteroatoms. The van der Waals surface area contributed by atoms with Gasteiger partial charge in [-0.15, -0.1) is 0 Å². The zero-order valence-corrected chi connectivity index (χ0v) is 14.8. The molecule has 2 aliphatic heterocycles. The van der Waals surface area contributed by atoms with Gasteiger partial charge >= 0.3 is 0 Å². The third-order valence-corrected chi connectivity index (χ3v) is 6.45. The highest BCUT2D eigenvalue weighted by atomic mass is 32.2. The van der Waals surface area contributed by atoms with Crippen molar-refractivity contribution in [3.05, 3.63) is 47.7 Å². The van der Waals surface area contributed by atoms with Crippen molar-refractivity contribution >= 4 is 10.0 Å². The second-order valence-corrected chi connectivity index (χ2v) is 8.14. The molecule has 1 atom stereocenters. The van der Waals surface area contributed by atoms with Gasteiger partial charge in [-0.3, -0.25) is 0 Å². The van der Waals surface area contributed by atoms with E-state index in [2.05, 4.69) is 4.98 Å². The second kappa shape index (κ2) is 6.59. The molecule has 1 fully saturated rings. The number of benzene rings is 1. The fourth-order valence-corrected chi connectivity index (χ4v) is 4.89. The van der Waals surface area contributed by atoms with E-state index in [1.807, 2.05) is 12.1 Å². The Morgan fingerprint density at radius 3 is 2.96 bits per heavy atom. The molecule has 0 bridgehead atoms. The number of fused-ring (bicyclic) bond motifs is 1. The number of pyridine rings is 1. The number of para-hydroxylation sites is 1.